The van der Waals surface area contributed by atoms with E-state index in [0.717, 1.165) is 19.2 Å². The minimum absolute atomic E-state index is 0.126. The highest BCUT2D eigenvalue weighted by atomic mass is 35.5. The van der Waals surface area contributed by atoms with Crippen LogP contribution in [0.3, 0.4) is 0 Å². The van der Waals surface area contributed by atoms with Gasteiger partial charge in [0.05, 0.1) is 7.11 Å². The van der Waals surface area contributed by atoms with E-state index in [1.54, 1.807) is 4.89 Å². The Labute approximate surface area is 84.9 Å². The van der Waals surface area contributed by atoms with Crippen LogP contribution in [-0.4, -0.2) is 20.5 Å². The van der Waals surface area contributed by atoms with Gasteiger partial charge in [-0.05, 0) is 12.1 Å². The average molecular weight is 241 g/mol. The first-order chi connectivity index (χ1) is 6.47. The summed E-state index contributed by atoms with van der Waals surface area (Å²) in [5, 5.41) is -0.126. The fourth-order valence-corrected chi connectivity index (χ4v) is 1.72. The first-order valence-corrected chi connectivity index (χ1v) is 5.20. The first-order valence-electron chi connectivity index (χ1n) is 3.34. The number of halogens is 2. The molecule has 0 aliphatic heterocycles. The Morgan fingerprint density at radius 2 is 2.21 bits per heavy atom. The molecule has 0 fully saturated rings. The van der Waals surface area contributed by atoms with Crippen LogP contribution in [-0.2, 0) is 14.9 Å². The van der Waals surface area contributed by atoms with Gasteiger partial charge in [0.2, 0.25) is 5.95 Å². The number of hydrogen-bond acceptors (Lipinski definition) is 4. The summed E-state index contributed by atoms with van der Waals surface area (Å²) in [6, 6.07) is 2.15. The molecule has 0 saturated carbocycles. The molecule has 0 amide bonds. The molecule has 1 aromatic rings. The zero-order chi connectivity index (χ0) is 10.8. The van der Waals surface area contributed by atoms with E-state index in [9.17, 15) is 12.8 Å². The minimum atomic E-state index is -4.03. The Hall–Kier alpha value is -0.760. The normalized spacial score (nSPS) is 11.6. The van der Waals surface area contributed by atoms with Crippen LogP contribution < -0.4 is 4.89 Å². The molecule has 78 valence electrons. The van der Waals surface area contributed by atoms with E-state index in [1.165, 1.54) is 0 Å². The number of nitrogens with zero attached hydrogens (tertiary/aromatic N) is 1. The van der Waals surface area contributed by atoms with Crippen LogP contribution in [0.2, 0.25) is 5.15 Å². The summed E-state index contributed by atoms with van der Waals surface area (Å²) >= 11 is 5.35. The molecule has 0 atom stereocenters. The van der Waals surface area contributed by atoms with Crippen molar-refractivity contribution >= 4 is 21.6 Å². The van der Waals surface area contributed by atoms with E-state index >= 15 is 0 Å². The molecule has 1 aromatic heterocycles. The van der Waals surface area contributed by atoms with Gasteiger partial charge in [-0.3, -0.25) is 4.84 Å². The number of nitrogens with one attached hydrogen (secondary N) is 1. The predicted molar refractivity (Wildman–Crippen MR) is 46.5 cm³/mol. The second-order valence-electron chi connectivity index (χ2n) is 2.21. The van der Waals surface area contributed by atoms with Crippen molar-refractivity contribution in [3.8, 4) is 0 Å². The van der Waals surface area contributed by atoms with Crippen molar-refractivity contribution in [2.45, 2.75) is 4.90 Å². The van der Waals surface area contributed by atoms with Gasteiger partial charge < -0.3 is 0 Å². The van der Waals surface area contributed by atoms with Gasteiger partial charge in [-0.2, -0.15) is 4.39 Å². The lowest BCUT2D eigenvalue weighted by atomic mass is 10.5. The van der Waals surface area contributed by atoms with E-state index < -0.39 is 20.9 Å². The second-order valence-corrected chi connectivity index (χ2v) is 4.21. The highest BCUT2D eigenvalue weighted by Crippen LogP contribution is 2.14. The topological polar surface area (TPSA) is 68.3 Å². The zero-order valence-electron chi connectivity index (χ0n) is 6.99. The lowest BCUT2D eigenvalue weighted by Crippen LogP contribution is -2.23. The Kier molecular flexibility index (Phi) is 3.38. The maximum atomic E-state index is 13.0. The van der Waals surface area contributed by atoms with Crippen molar-refractivity contribution in [3.63, 3.8) is 0 Å². The van der Waals surface area contributed by atoms with Crippen LogP contribution in [0.15, 0.2) is 17.0 Å². The van der Waals surface area contributed by atoms with Gasteiger partial charge in [-0.1, -0.05) is 16.5 Å². The lowest BCUT2D eigenvalue weighted by Gasteiger charge is -2.04. The fraction of sp³-hybridized carbons (Fsp3) is 0.167. The molecule has 1 heterocycles. The molecule has 0 aliphatic rings. The molecule has 0 unspecified atom stereocenters. The van der Waals surface area contributed by atoms with Gasteiger partial charge in [-0.25, -0.2) is 13.4 Å². The molecular weight excluding hydrogens is 235 g/mol. The van der Waals surface area contributed by atoms with Crippen molar-refractivity contribution in [3.05, 3.63) is 23.2 Å². The summed E-state index contributed by atoms with van der Waals surface area (Å²) in [7, 11) is -2.93. The third-order valence-corrected chi connectivity index (χ3v) is 2.74. The van der Waals surface area contributed by atoms with Crippen molar-refractivity contribution in [1.29, 1.82) is 0 Å². The standard InChI is InChI=1S/C6H6ClFN2O3S/c1-13-10-14(11,12)4-2-3-5(7)9-6(4)8/h2-3,10H,1H3. The van der Waals surface area contributed by atoms with Crippen molar-refractivity contribution in [2.24, 2.45) is 0 Å². The fourth-order valence-electron chi connectivity index (χ4n) is 0.754. The van der Waals surface area contributed by atoms with Gasteiger partial charge in [0, 0.05) is 0 Å². The monoisotopic (exact) mass is 240 g/mol. The van der Waals surface area contributed by atoms with E-state index in [0.29, 0.717) is 0 Å². The van der Waals surface area contributed by atoms with Crippen molar-refractivity contribution in [2.75, 3.05) is 7.11 Å². The summed E-state index contributed by atoms with van der Waals surface area (Å²) in [4.78, 5) is 8.35. The first kappa shape index (κ1) is 11.3. The van der Waals surface area contributed by atoms with Gasteiger partial charge in [0.1, 0.15) is 10.0 Å². The molecular formula is C6H6ClFN2O3S. The molecule has 5 nitrogen and oxygen atoms in total. The minimum Gasteiger partial charge on any atom is -0.290 e. The third-order valence-electron chi connectivity index (χ3n) is 1.26. The number of pyridine rings is 1. The Bertz CT molecular complexity index is 437. The molecule has 1 rings (SSSR count). The van der Waals surface area contributed by atoms with Crippen LogP contribution in [0.5, 0.6) is 0 Å². The maximum absolute atomic E-state index is 13.0. The third kappa shape index (κ3) is 2.38. The zero-order valence-corrected chi connectivity index (χ0v) is 8.56. The van der Waals surface area contributed by atoms with Crippen molar-refractivity contribution in [1.82, 2.24) is 9.87 Å². The molecule has 1 N–H and O–H groups in total. The average Bonchev–Trinajstić information content (AvgIpc) is 2.02. The molecule has 8 heteroatoms. The number of aromatic nitrogens is 1. The molecule has 14 heavy (non-hydrogen) atoms. The van der Waals surface area contributed by atoms with E-state index in [-0.39, 0.29) is 5.15 Å². The molecule has 0 bridgehead atoms. The highest BCUT2D eigenvalue weighted by Gasteiger charge is 2.19. The summed E-state index contributed by atoms with van der Waals surface area (Å²) in [5.74, 6) is -1.18. The number of sulfonamides is 1. The van der Waals surface area contributed by atoms with Crippen LogP contribution in [0.1, 0.15) is 0 Å². The van der Waals surface area contributed by atoms with Crippen LogP contribution in [0.4, 0.5) is 4.39 Å². The van der Waals surface area contributed by atoms with E-state index in [4.69, 9.17) is 11.6 Å². The highest BCUT2D eigenvalue weighted by molar-refractivity contribution is 7.89. The predicted octanol–water partition coefficient (Wildman–Crippen LogP) is 0.714. The van der Waals surface area contributed by atoms with Crippen LogP contribution in [0, 0.1) is 5.95 Å². The largest absolute Gasteiger partial charge is 0.290 e. The van der Waals surface area contributed by atoms with Gasteiger partial charge >= 0.3 is 0 Å². The maximum Gasteiger partial charge on any atom is 0.267 e. The van der Waals surface area contributed by atoms with E-state index in [2.05, 4.69) is 9.82 Å². The van der Waals surface area contributed by atoms with Gasteiger partial charge in [-0.15, -0.1) is 0 Å². The molecule has 0 spiro atoms. The number of hydrogen-bond donors (Lipinski definition) is 1. The Balaban J connectivity index is 3.20. The van der Waals surface area contributed by atoms with Crippen LogP contribution in [0.25, 0.3) is 0 Å². The quantitative estimate of drug-likeness (QED) is 0.624. The second kappa shape index (κ2) is 4.18. The van der Waals surface area contributed by atoms with Crippen LogP contribution >= 0.6 is 11.6 Å². The van der Waals surface area contributed by atoms with Crippen molar-refractivity contribution < 1.29 is 17.6 Å². The Morgan fingerprint density at radius 1 is 1.57 bits per heavy atom. The SMILES string of the molecule is CONS(=O)(=O)c1ccc(Cl)nc1F. The van der Waals surface area contributed by atoms with Gasteiger partial charge in [0.25, 0.3) is 10.0 Å². The lowest BCUT2D eigenvalue weighted by molar-refractivity contribution is 0.153. The smallest absolute Gasteiger partial charge is 0.267 e. The summed E-state index contributed by atoms with van der Waals surface area (Å²) < 4.78 is 35.4. The molecule has 0 saturated heterocycles. The summed E-state index contributed by atoms with van der Waals surface area (Å²) in [6.07, 6.45) is 0. The van der Waals surface area contributed by atoms with Gasteiger partial charge in [0.15, 0.2) is 0 Å². The summed E-state index contributed by atoms with van der Waals surface area (Å²) in [6.45, 7) is 0. The number of rotatable bonds is 3. The molecule has 0 aliphatic carbocycles. The summed E-state index contributed by atoms with van der Waals surface area (Å²) in [5.41, 5.74) is 0. The van der Waals surface area contributed by atoms with E-state index in [1.807, 2.05) is 0 Å². The molecule has 0 aromatic carbocycles. The molecule has 0 radical (unpaired) electrons. The Morgan fingerprint density at radius 3 is 2.71 bits per heavy atom.